The molecule has 1 fully saturated rings. The number of hydrogen-bond acceptors (Lipinski definition) is 3. The van der Waals surface area contributed by atoms with Gasteiger partial charge in [0.05, 0.1) is 0 Å². The second-order valence-electron chi connectivity index (χ2n) is 6.02. The van der Waals surface area contributed by atoms with Crippen molar-refractivity contribution in [3.63, 3.8) is 0 Å². The molecule has 0 radical (unpaired) electrons. The molecule has 0 atom stereocenters. The van der Waals surface area contributed by atoms with Crippen LogP contribution in [-0.4, -0.2) is 54.3 Å². The molecule has 1 aromatic rings. The number of carbonyl (C=O) groups excluding carboxylic acids is 2. The van der Waals surface area contributed by atoms with E-state index in [9.17, 15) is 9.59 Å². The summed E-state index contributed by atoms with van der Waals surface area (Å²) in [6.45, 7) is 6.45. The molecule has 0 saturated carbocycles. The van der Waals surface area contributed by atoms with E-state index in [4.69, 9.17) is 0 Å². The van der Waals surface area contributed by atoms with Crippen LogP contribution in [0.5, 0.6) is 0 Å². The van der Waals surface area contributed by atoms with Gasteiger partial charge in [-0.2, -0.15) is 0 Å². The summed E-state index contributed by atoms with van der Waals surface area (Å²) in [4.78, 5) is 28.0. The number of amides is 2. The van der Waals surface area contributed by atoms with E-state index in [1.165, 1.54) is 5.56 Å². The first-order valence-corrected chi connectivity index (χ1v) is 8.54. The molecule has 2 amide bonds. The van der Waals surface area contributed by atoms with E-state index in [0.29, 0.717) is 19.6 Å². The van der Waals surface area contributed by atoms with Crippen molar-refractivity contribution in [2.75, 3.05) is 32.7 Å². The molecule has 1 heterocycles. The normalized spacial score (nSPS) is 15.4. The molecular formula is C18H27N3O2. The Kier molecular flexibility index (Phi) is 7.07. The molecule has 23 heavy (non-hydrogen) atoms. The number of nitrogens with one attached hydrogen (secondary N) is 1. The number of carbonyl (C=O) groups is 2. The lowest BCUT2D eigenvalue weighted by Crippen LogP contribution is -2.52. The van der Waals surface area contributed by atoms with Crippen molar-refractivity contribution in [1.29, 1.82) is 0 Å². The Morgan fingerprint density at radius 2 is 1.74 bits per heavy atom. The van der Waals surface area contributed by atoms with Crippen LogP contribution in [0.2, 0.25) is 0 Å². The van der Waals surface area contributed by atoms with Gasteiger partial charge in [-0.05, 0) is 12.0 Å². The summed E-state index contributed by atoms with van der Waals surface area (Å²) in [5.41, 5.74) is 1.28. The largest absolute Gasteiger partial charge is 0.348 e. The van der Waals surface area contributed by atoms with Crippen LogP contribution in [-0.2, 0) is 16.1 Å². The Morgan fingerprint density at radius 1 is 1.04 bits per heavy atom. The van der Waals surface area contributed by atoms with E-state index in [1.807, 2.05) is 18.2 Å². The summed E-state index contributed by atoms with van der Waals surface area (Å²) in [6.07, 6.45) is 3.11. The fourth-order valence-electron chi connectivity index (χ4n) is 2.75. The zero-order valence-corrected chi connectivity index (χ0v) is 14.0. The maximum absolute atomic E-state index is 12.1. The number of rotatable bonds is 6. The van der Waals surface area contributed by atoms with Gasteiger partial charge in [0.25, 0.3) is 0 Å². The Hall–Kier alpha value is -1.88. The van der Waals surface area contributed by atoms with E-state index in [1.54, 1.807) is 4.90 Å². The highest BCUT2D eigenvalue weighted by Crippen LogP contribution is 2.08. The summed E-state index contributed by atoms with van der Waals surface area (Å²) < 4.78 is 0. The van der Waals surface area contributed by atoms with Gasteiger partial charge in [0.1, 0.15) is 0 Å². The Morgan fingerprint density at radius 3 is 2.39 bits per heavy atom. The van der Waals surface area contributed by atoms with Gasteiger partial charge >= 0.3 is 11.8 Å². The standard InChI is InChI=1S/C18H27N3O2/c1-2-3-7-10-19-17(22)18(23)21-13-11-20(12-14-21)15-16-8-5-4-6-9-16/h4-6,8-9H,2-3,7,10-15H2,1H3,(H,19,22). The molecule has 0 spiro atoms. The van der Waals surface area contributed by atoms with Crippen LogP contribution in [0.1, 0.15) is 31.7 Å². The summed E-state index contributed by atoms with van der Waals surface area (Å²) in [7, 11) is 0. The third kappa shape index (κ3) is 5.67. The average Bonchev–Trinajstić information content (AvgIpc) is 2.59. The predicted molar refractivity (Wildman–Crippen MR) is 90.8 cm³/mol. The smallest absolute Gasteiger partial charge is 0.311 e. The predicted octanol–water partition coefficient (Wildman–Crippen LogP) is 1.64. The van der Waals surface area contributed by atoms with Gasteiger partial charge in [-0.3, -0.25) is 14.5 Å². The van der Waals surface area contributed by atoms with Crippen molar-refractivity contribution < 1.29 is 9.59 Å². The summed E-state index contributed by atoms with van der Waals surface area (Å²) in [5, 5.41) is 2.72. The molecule has 0 unspecified atom stereocenters. The van der Waals surface area contributed by atoms with Crippen molar-refractivity contribution >= 4 is 11.8 Å². The van der Waals surface area contributed by atoms with Gasteiger partial charge in [-0.15, -0.1) is 0 Å². The van der Waals surface area contributed by atoms with Crippen molar-refractivity contribution in [1.82, 2.24) is 15.1 Å². The number of nitrogens with zero attached hydrogens (tertiary/aromatic N) is 2. The van der Waals surface area contributed by atoms with Crippen LogP contribution in [0.25, 0.3) is 0 Å². The minimum absolute atomic E-state index is 0.388. The molecule has 0 aliphatic carbocycles. The van der Waals surface area contributed by atoms with Crippen molar-refractivity contribution in [3.8, 4) is 0 Å². The van der Waals surface area contributed by atoms with Gasteiger partial charge < -0.3 is 10.2 Å². The first-order valence-electron chi connectivity index (χ1n) is 8.54. The second kappa shape index (κ2) is 9.30. The summed E-state index contributed by atoms with van der Waals surface area (Å²) in [5.74, 6) is -0.849. The summed E-state index contributed by atoms with van der Waals surface area (Å²) >= 11 is 0. The van der Waals surface area contributed by atoms with Gasteiger partial charge in [-0.25, -0.2) is 0 Å². The van der Waals surface area contributed by atoms with Crippen LogP contribution in [0.4, 0.5) is 0 Å². The first-order chi connectivity index (χ1) is 11.2. The third-order valence-corrected chi connectivity index (χ3v) is 4.17. The number of piperazine rings is 1. The molecule has 1 aliphatic heterocycles. The molecule has 0 aromatic heterocycles. The van der Waals surface area contributed by atoms with E-state index < -0.39 is 5.91 Å². The maximum Gasteiger partial charge on any atom is 0.311 e. The minimum atomic E-state index is -0.461. The highest BCUT2D eigenvalue weighted by molar-refractivity contribution is 6.35. The maximum atomic E-state index is 12.1. The van der Waals surface area contributed by atoms with E-state index >= 15 is 0 Å². The molecule has 5 heteroatoms. The summed E-state index contributed by atoms with van der Waals surface area (Å²) in [6, 6.07) is 10.3. The zero-order chi connectivity index (χ0) is 16.5. The van der Waals surface area contributed by atoms with Crippen molar-refractivity contribution in [2.24, 2.45) is 0 Å². The second-order valence-corrected chi connectivity index (χ2v) is 6.02. The highest BCUT2D eigenvalue weighted by atomic mass is 16.2. The van der Waals surface area contributed by atoms with Crippen molar-refractivity contribution in [3.05, 3.63) is 35.9 Å². The zero-order valence-electron chi connectivity index (χ0n) is 14.0. The Balaban J connectivity index is 1.71. The van der Waals surface area contributed by atoms with Gasteiger partial charge in [0.2, 0.25) is 0 Å². The molecule has 2 rings (SSSR count). The molecule has 1 N–H and O–H groups in total. The molecule has 5 nitrogen and oxygen atoms in total. The number of hydrogen-bond donors (Lipinski definition) is 1. The third-order valence-electron chi connectivity index (χ3n) is 4.17. The van der Waals surface area contributed by atoms with Crippen LogP contribution in [0, 0.1) is 0 Å². The average molecular weight is 317 g/mol. The van der Waals surface area contributed by atoms with Crippen LogP contribution in [0.3, 0.4) is 0 Å². The van der Waals surface area contributed by atoms with Gasteiger partial charge in [-0.1, -0.05) is 50.1 Å². The SMILES string of the molecule is CCCCCNC(=O)C(=O)N1CCN(Cc2ccccc2)CC1. The van der Waals surface area contributed by atoms with Crippen LogP contribution in [0.15, 0.2) is 30.3 Å². The quantitative estimate of drug-likeness (QED) is 0.641. The Bertz CT molecular complexity index is 496. The Labute approximate surface area is 138 Å². The van der Waals surface area contributed by atoms with Gasteiger partial charge in [0, 0.05) is 39.3 Å². The molecule has 126 valence electrons. The fraction of sp³-hybridized carbons (Fsp3) is 0.556. The van der Waals surface area contributed by atoms with E-state index in [-0.39, 0.29) is 5.91 Å². The van der Waals surface area contributed by atoms with Crippen LogP contribution >= 0.6 is 0 Å². The molecule has 1 aliphatic rings. The number of unbranched alkanes of at least 4 members (excludes halogenated alkanes) is 2. The van der Waals surface area contributed by atoms with Gasteiger partial charge in [0.15, 0.2) is 0 Å². The van der Waals surface area contributed by atoms with E-state index in [2.05, 4.69) is 29.3 Å². The molecule has 1 aromatic carbocycles. The number of benzene rings is 1. The molecule has 0 bridgehead atoms. The van der Waals surface area contributed by atoms with Crippen molar-refractivity contribution in [2.45, 2.75) is 32.7 Å². The van der Waals surface area contributed by atoms with E-state index in [0.717, 1.165) is 38.9 Å². The molecular weight excluding hydrogens is 290 g/mol. The fourth-order valence-corrected chi connectivity index (χ4v) is 2.75. The minimum Gasteiger partial charge on any atom is -0.348 e. The lowest BCUT2D eigenvalue weighted by Gasteiger charge is -2.34. The highest BCUT2D eigenvalue weighted by Gasteiger charge is 2.25. The topological polar surface area (TPSA) is 52.7 Å². The lowest BCUT2D eigenvalue weighted by atomic mass is 10.2. The molecule has 1 saturated heterocycles. The lowest BCUT2D eigenvalue weighted by molar-refractivity contribution is -0.147. The van der Waals surface area contributed by atoms with Crippen LogP contribution < -0.4 is 5.32 Å². The first kappa shape index (κ1) is 17.5. The monoisotopic (exact) mass is 317 g/mol.